The number of methoxy groups -OCH3 is 1. The molecule has 1 aromatic heterocycles. The number of fused-ring (bicyclic) bond motifs is 1. The second-order valence-electron chi connectivity index (χ2n) is 7.92. The largest absolute Gasteiger partial charge is 0.458 e. The first-order valence-corrected chi connectivity index (χ1v) is 9.50. The quantitative estimate of drug-likeness (QED) is 0.642. The maximum atomic E-state index is 13.1. The van der Waals surface area contributed by atoms with E-state index in [1.807, 2.05) is 51.1 Å². The van der Waals surface area contributed by atoms with Crippen LogP contribution in [0.1, 0.15) is 37.7 Å². The van der Waals surface area contributed by atoms with Crippen LogP contribution in [0.3, 0.4) is 0 Å². The number of carbonyl (C=O) groups is 1. The van der Waals surface area contributed by atoms with E-state index in [1.54, 1.807) is 30.2 Å². The molecule has 3 aromatic rings. The molecule has 0 saturated carbocycles. The summed E-state index contributed by atoms with van der Waals surface area (Å²) in [5.74, 6) is 0.969. The Bertz CT molecular complexity index is 972. The average molecular weight is 397 g/mol. The van der Waals surface area contributed by atoms with Crippen molar-refractivity contribution in [3.63, 3.8) is 0 Å². The van der Waals surface area contributed by atoms with E-state index in [2.05, 4.69) is 0 Å². The first-order chi connectivity index (χ1) is 13.8. The monoisotopic (exact) mass is 397 g/mol. The fraction of sp³-hybridized carbons (Fsp3) is 0.348. The van der Waals surface area contributed by atoms with Gasteiger partial charge in [0.25, 0.3) is 0 Å². The predicted octanol–water partition coefficient (Wildman–Crippen LogP) is 4.87. The van der Waals surface area contributed by atoms with Gasteiger partial charge in [0.05, 0.1) is 12.0 Å². The summed E-state index contributed by atoms with van der Waals surface area (Å²) in [7, 11) is 1.58. The van der Waals surface area contributed by atoms with E-state index < -0.39 is 11.6 Å². The van der Waals surface area contributed by atoms with E-state index >= 15 is 0 Å². The number of hydrogen-bond acceptors (Lipinski definition) is 5. The van der Waals surface area contributed by atoms with Crippen molar-refractivity contribution in [1.29, 1.82) is 0 Å². The number of rotatable bonds is 6. The SMILES string of the molecule is COCc1cc2c(OC(=O)N(Cc3ccccc3)C(C)(C)C)cc(CO)cc2o1. The normalized spacial score (nSPS) is 11.6. The van der Waals surface area contributed by atoms with Gasteiger partial charge < -0.3 is 19.0 Å². The van der Waals surface area contributed by atoms with Gasteiger partial charge >= 0.3 is 6.09 Å². The lowest BCUT2D eigenvalue weighted by molar-refractivity contribution is 0.102. The molecule has 3 rings (SSSR count). The molecule has 1 amide bonds. The average Bonchev–Trinajstić information content (AvgIpc) is 3.09. The number of carbonyl (C=O) groups excluding carboxylic acids is 1. The molecule has 0 aliphatic rings. The van der Waals surface area contributed by atoms with Crippen molar-refractivity contribution >= 4 is 17.1 Å². The summed E-state index contributed by atoms with van der Waals surface area (Å²) in [6.07, 6.45) is -0.466. The molecule has 6 heteroatoms. The fourth-order valence-electron chi connectivity index (χ4n) is 3.09. The Balaban J connectivity index is 1.93. The number of hydrogen-bond donors (Lipinski definition) is 1. The van der Waals surface area contributed by atoms with Crippen LogP contribution in [-0.4, -0.2) is 28.7 Å². The summed E-state index contributed by atoms with van der Waals surface area (Å²) >= 11 is 0. The molecule has 0 spiro atoms. The Labute approximate surface area is 170 Å². The number of benzene rings is 2. The molecular weight excluding hydrogens is 370 g/mol. The van der Waals surface area contributed by atoms with Crippen LogP contribution >= 0.6 is 0 Å². The Morgan fingerprint density at radius 1 is 1.10 bits per heavy atom. The first-order valence-electron chi connectivity index (χ1n) is 9.50. The van der Waals surface area contributed by atoms with Crippen LogP contribution < -0.4 is 4.74 Å². The third-order valence-corrected chi connectivity index (χ3v) is 4.59. The molecule has 29 heavy (non-hydrogen) atoms. The Morgan fingerprint density at radius 2 is 1.83 bits per heavy atom. The number of amides is 1. The van der Waals surface area contributed by atoms with Gasteiger partial charge in [-0.3, -0.25) is 4.90 Å². The maximum absolute atomic E-state index is 13.1. The van der Waals surface area contributed by atoms with Crippen molar-refractivity contribution in [1.82, 2.24) is 4.90 Å². The van der Waals surface area contributed by atoms with Crippen LogP contribution in [0.2, 0.25) is 0 Å². The summed E-state index contributed by atoms with van der Waals surface area (Å²) in [5, 5.41) is 10.2. The molecule has 0 bridgehead atoms. The van der Waals surface area contributed by atoms with Gasteiger partial charge in [0.15, 0.2) is 0 Å². The zero-order valence-electron chi connectivity index (χ0n) is 17.3. The summed E-state index contributed by atoms with van der Waals surface area (Å²) < 4.78 is 16.7. The van der Waals surface area contributed by atoms with Gasteiger partial charge in [-0.15, -0.1) is 0 Å². The van der Waals surface area contributed by atoms with Crippen LogP contribution in [0.4, 0.5) is 4.79 Å². The third kappa shape index (κ3) is 4.96. The van der Waals surface area contributed by atoms with Crippen molar-refractivity contribution in [2.75, 3.05) is 7.11 Å². The summed E-state index contributed by atoms with van der Waals surface area (Å²) in [6.45, 7) is 6.43. The predicted molar refractivity (Wildman–Crippen MR) is 111 cm³/mol. The minimum absolute atomic E-state index is 0.187. The molecule has 0 aliphatic carbocycles. The molecule has 0 atom stereocenters. The Hall–Kier alpha value is -2.83. The van der Waals surface area contributed by atoms with Crippen molar-refractivity contribution < 1.29 is 23.8 Å². The molecule has 154 valence electrons. The van der Waals surface area contributed by atoms with E-state index in [0.717, 1.165) is 5.56 Å². The molecule has 0 fully saturated rings. The van der Waals surface area contributed by atoms with E-state index in [4.69, 9.17) is 13.9 Å². The van der Waals surface area contributed by atoms with Crippen LogP contribution in [0.15, 0.2) is 52.9 Å². The Morgan fingerprint density at radius 3 is 2.45 bits per heavy atom. The van der Waals surface area contributed by atoms with Crippen LogP contribution in [0.5, 0.6) is 5.75 Å². The van der Waals surface area contributed by atoms with Crippen LogP contribution in [0.25, 0.3) is 11.0 Å². The smallest absolute Gasteiger partial charge is 0.415 e. The summed E-state index contributed by atoms with van der Waals surface area (Å²) in [5.41, 5.74) is 1.71. The van der Waals surface area contributed by atoms with E-state index in [-0.39, 0.29) is 6.61 Å². The second-order valence-corrected chi connectivity index (χ2v) is 7.92. The number of aliphatic hydroxyl groups is 1. The van der Waals surface area contributed by atoms with Crippen LogP contribution in [0, 0.1) is 0 Å². The molecule has 0 aliphatic heterocycles. The highest BCUT2D eigenvalue weighted by atomic mass is 16.6. The number of furan rings is 1. The lowest BCUT2D eigenvalue weighted by Gasteiger charge is -2.34. The van der Waals surface area contributed by atoms with Gasteiger partial charge in [0.1, 0.15) is 23.7 Å². The van der Waals surface area contributed by atoms with Crippen molar-refractivity contribution in [2.24, 2.45) is 0 Å². The number of ether oxygens (including phenoxy) is 2. The zero-order chi connectivity index (χ0) is 21.0. The number of nitrogens with zero attached hydrogens (tertiary/aromatic N) is 1. The van der Waals surface area contributed by atoms with Gasteiger partial charge in [-0.25, -0.2) is 4.79 Å². The molecule has 0 unspecified atom stereocenters. The molecule has 1 heterocycles. The number of aliphatic hydroxyl groups excluding tert-OH is 1. The fourth-order valence-corrected chi connectivity index (χ4v) is 3.09. The van der Waals surface area contributed by atoms with Gasteiger partial charge in [0, 0.05) is 19.2 Å². The van der Waals surface area contributed by atoms with Crippen molar-refractivity contribution in [2.45, 2.75) is 46.1 Å². The first kappa shape index (κ1) is 20.9. The third-order valence-electron chi connectivity index (χ3n) is 4.59. The molecule has 0 radical (unpaired) electrons. The maximum Gasteiger partial charge on any atom is 0.415 e. The lowest BCUT2D eigenvalue weighted by Crippen LogP contribution is -2.46. The van der Waals surface area contributed by atoms with Gasteiger partial charge in [-0.2, -0.15) is 0 Å². The molecular formula is C23H27NO5. The summed E-state index contributed by atoms with van der Waals surface area (Å²) in [4.78, 5) is 14.8. The van der Waals surface area contributed by atoms with Crippen LogP contribution in [-0.2, 0) is 24.5 Å². The van der Waals surface area contributed by atoms with Gasteiger partial charge in [-0.05, 0) is 50.1 Å². The van der Waals surface area contributed by atoms with E-state index in [0.29, 0.717) is 41.2 Å². The highest BCUT2D eigenvalue weighted by molar-refractivity contribution is 5.88. The van der Waals surface area contributed by atoms with Gasteiger partial charge in [0.2, 0.25) is 0 Å². The van der Waals surface area contributed by atoms with E-state index in [1.165, 1.54) is 0 Å². The highest BCUT2D eigenvalue weighted by Crippen LogP contribution is 2.32. The second kappa shape index (κ2) is 8.68. The standard InChI is InChI=1S/C23H27NO5/c1-23(2,3)24(13-16-8-6-5-7-9-16)22(26)29-21-11-17(14-25)10-20-19(21)12-18(28-20)15-27-4/h5-12,25H,13-15H2,1-4H3. The summed E-state index contributed by atoms with van der Waals surface area (Å²) in [6, 6.07) is 15.0. The van der Waals surface area contributed by atoms with Crippen molar-refractivity contribution in [3.05, 3.63) is 65.4 Å². The minimum atomic E-state index is -0.466. The lowest BCUT2D eigenvalue weighted by atomic mass is 10.1. The topological polar surface area (TPSA) is 72.1 Å². The minimum Gasteiger partial charge on any atom is -0.458 e. The van der Waals surface area contributed by atoms with E-state index in [9.17, 15) is 9.90 Å². The molecule has 6 nitrogen and oxygen atoms in total. The van der Waals surface area contributed by atoms with Crippen molar-refractivity contribution in [3.8, 4) is 5.75 Å². The zero-order valence-corrected chi connectivity index (χ0v) is 17.3. The highest BCUT2D eigenvalue weighted by Gasteiger charge is 2.29. The molecule has 0 saturated heterocycles. The van der Waals surface area contributed by atoms with Gasteiger partial charge in [-0.1, -0.05) is 30.3 Å². The Kier molecular flexibility index (Phi) is 6.25. The molecule has 1 N–H and O–H groups in total. The molecule has 2 aromatic carbocycles.